The van der Waals surface area contributed by atoms with E-state index in [9.17, 15) is 8.42 Å². The highest BCUT2D eigenvalue weighted by Gasteiger charge is 2.26. The van der Waals surface area contributed by atoms with Crippen LogP contribution < -0.4 is 0 Å². The second kappa shape index (κ2) is 4.07. The minimum atomic E-state index is -3.29. The molecule has 1 rings (SSSR count). The molecule has 1 aliphatic carbocycles. The van der Waals surface area contributed by atoms with Crippen molar-refractivity contribution in [3.63, 3.8) is 0 Å². The average Bonchev–Trinajstić information content (AvgIpc) is 1.91. The Balaban J connectivity index is 2.50. The van der Waals surface area contributed by atoms with E-state index in [2.05, 4.69) is 15.9 Å². The SMILES string of the molecule is CS(=O)(=O)OC1CCCCC1Br. The van der Waals surface area contributed by atoms with Crippen molar-refractivity contribution in [3.05, 3.63) is 0 Å². The average molecular weight is 257 g/mol. The first-order valence-electron chi connectivity index (χ1n) is 4.01. The van der Waals surface area contributed by atoms with E-state index in [-0.39, 0.29) is 10.9 Å². The standard InChI is InChI=1S/C7H13BrO3S/c1-12(9,10)11-7-5-3-2-4-6(7)8/h6-7H,2-5H2,1H3. The van der Waals surface area contributed by atoms with Crippen LogP contribution in [-0.4, -0.2) is 25.6 Å². The van der Waals surface area contributed by atoms with Crippen LogP contribution in [0, 0.1) is 0 Å². The predicted octanol–water partition coefficient (Wildman–Crippen LogP) is 1.67. The van der Waals surface area contributed by atoms with Crippen molar-refractivity contribution in [3.8, 4) is 0 Å². The molecule has 0 heterocycles. The highest BCUT2D eigenvalue weighted by atomic mass is 79.9. The van der Waals surface area contributed by atoms with Gasteiger partial charge in [0.2, 0.25) is 0 Å². The normalized spacial score (nSPS) is 31.8. The topological polar surface area (TPSA) is 43.4 Å². The van der Waals surface area contributed by atoms with E-state index in [0.717, 1.165) is 31.9 Å². The Morgan fingerprint density at radius 1 is 1.33 bits per heavy atom. The zero-order valence-corrected chi connectivity index (χ0v) is 9.40. The molecule has 2 unspecified atom stereocenters. The van der Waals surface area contributed by atoms with Gasteiger partial charge in [-0.2, -0.15) is 8.42 Å². The number of hydrogen-bond acceptors (Lipinski definition) is 3. The lowest BCUT2D eigenvalue weighted by molar-refractivity contribution is 0.173. The van der Waals surface area contributed by atoms with Gasteiger partial charge in [-0.15, -0.1) is 0 Å². The van der Waals surface area contributed by atoms with Gasteiger partial charge < -0.3 is 0 Å². The Morgan fingerprint density at radius 3 is 2.42 bits per heavy atom. The molecule has 0 amide bonds. The van der Waals surface area contributed by atoms with E-state index in [1.165, 1.54) is 0 Å². The molecule has 0 radical (unpaired) electrons. The molecule has 0 aromatic heterocycles. The van der Waals surface area contributed by atoms with Crippen molar-refractivity contribution in [2.75, 3.05) is 6.26 Å². The van der Waals surface area contributed by atoms with Gasteiger partial charge in [-0.1, -0.05) is 28.8 Å². The highest BCUT2D eigenvalue weighted by Crippen LogP contribution is 2.27. The molecule has 0 aromatic rings. The van der Waals surface area contributed by atoms with Crippen LogP contribution >= 0.6 is 15.9 Å². The van der Waals surface area contributed by atoms with Crippen LogP contribution in [0.15, 0.2) is 0 Å². The molecular weight excluding hydrogens is 244 g/mol. The Hall–Kier alpha value is 0.390. The smallest absolute Gasteiger partial charge is 0.264 e. The zero-order chi connectivity index (χ0) is 9.19. The summed E-state index contributed by atoms with van der Waals surface area (Å²) in [6, 6.07) is 0. The van der Waals surface area contributed by atoms with Gasteiger partial charge in [0.1, 0.15) is 0 Å². The lowest BCUT2D eigenvalue weighted by Gasteiger charge is -2.25. The van der Waals surface area contributed by atoms with E-state index < -0.39 is 10.1 Å². The summed E-state index contributed by atoms with van der Waals surface area (Å²) in [5.74, 6) is 0. The summed E-state index contributed by atoms with van der Waals surface area (Å²) >= 11 is 3.42. The van der Waals surface area contributed by atoms with E-state index in [4.69, 9.17) is 4.18 Å². The van der Waals surface area contributed by atoms with E-state index >= 15 is 0 Å². The zero-order valence-electron chi connectivity index (χ0n) is 6.99. The number of alkyl halides is 1. The fourth-order valence-electron chi connectivity index (χ4n) is 1.38. The van der Waals surface area contributed by atoms with E-state index in [1.807, 2.05) is 0 Å². The maximum atomic E-state index is 10.8. The third kappa shape index (κ3) is 3.41. The van der Waals surface area contributed by atoms with Gasteiger partial charge in [0, 0.05) is 4.83 Å². The number of halogens is 1. The largest absolute Gasteiger partial charge is 0.266 e. The minimum Gasteiger partial charge on any atom is -0.266 e. The molecular formula is C7H13BrO3S. The Morgan fingerprint density at radius 2 is 1.92 bits per heavy atom. The molecule has 0 bridgehead atoms. The third-order valence-electron chi connectivity index (χ3n) is 1.92. The lowest BCUT2D eigenvalue weighted by atomic mass is 9.98. The number of hydrogen-bond donors (Lipinski definition) is 0. The molecule has 3 nitrogen and oxygen atoms in total. The Kier molecular flexibility index (Phi) is 3.55. The monoisotopic (exact) mass is 256 g/mol. The molecule has 0 spiro atoms. The molecule has 0 aliphatic heterocycles. The van der Waals surface area contributed by atoms with Crippen LogP contribution in [0.4, 0.5) is 0 Å². The van der Waals surface area contributed by atoms with Crippen LogP contribution in [0.2, 0.25) is 0 Å². The summed E-state index contributed by atoms with van der Waals surface area (Å²) in [7, 11) is -3.29. The second-order valence-electron chi connectivity index (χ2n) is 3.14. The predicted molar refractivity (Wildman–Crippen MR) is 50.9 cm³/mol. The fourth-order valence-corrected chi connectivity index (χ4v) is 2.90. The van der Waals surface area contributed by atoms with Crippen LogP contribution in [0.3, 0.4) is 0 Å². The van der Waals surface area contributed by atoms with Crippen molar-refractivity contribution < 1.29 is 12.6 Å². The van der Waals surface area contributed by atoms with Gasteiger partial charge in [0.25, 0.3) is 10.1 Å². The van der Waals surface area contributed by atoms with Crippen molar-refractivity contribution in [2.45, 2.75) is 36.6 Å². The highest BCUT2D eigenvalue weighted by molar-refractivity contribution is 9.09. The lowest BCUT2D eigenvalue weighted by Crippen LogP contribution is -2.29. The van der Waals surface area contributed by atoms with Crippen LogP contribution in [0.25, 0.3) is 0 Å². The first-order chi connectivity index (χ1) is 5.49. The maximum absolute atomic E-state index is 10.8. The van der Waals surface area contributed by atoms with Crippen molar-refractivity contribution in [2.24, 2.45) is 0 Å². The summed E-state index contributed by atoms with van der Waals surface area (Å²) in [5.41, 5.74) is 0. The Bertz CT molecular complexity index is 237. The molecule has 12 heavy (non-hydrogen) atoms. The number of rotatable bonds is 2. The summed E-state index contributed by atoms with van der Waals surface area (Å²) in [5, 5.41) is 0. The van der Waals surface area contributed by atoms with Crippen molar-refractivity contribution in [1.82, 2.24) is 0 Å². The molecule has 0 aromatic carbocycles. The fraction of sp³-hybridized carbons (Fsp3) is 1.00. The summed E-state index contributed by atoms with van der Waals surface area (Å²) in [4.78, 5) is 0.195. The second-order valence-corrected chi connectivity index (χ2v) is 5.92. The molecule has 1 saturated carbocycles. The van der Waals surface area contributed by atoms with Gasteiger partial charge in [-0.3, -0.25) is 4.18 Å². The summed E-state index contributed by atoms with van der Waals surface area (Å²) < 4.78 is 26.5. The molecule has 0 saturated heterocycles. The molecule has 1 fully saturated rings. The van der Waals surface area contributed by atoms with Gasteiger partial charge in [0.15, 0.2) is 0 Å². The van der Waals surface area contributed by atoms with Gasteiger partial charge in [-0.05, 0) is 12.8 Å². The summed E-state index contributed by atoms with van der Waals surface area (Å²) in [6.45, 7) is 0. The molecule has 2 atom stereocenters. The van der Waals surface area contributed by atoms with Crippen molar-refractivity contribution in [1.29, 1.82) is 0 Å². The van der Waals surface area contributed by atoms with E-state index in [0.29, 0.717) is 0 Å². The van der Waals surface area contributed by atoms with Crippen LogP contribution in [0.1, 0.15) is 25.7 Å². The Labute approximate surface area is 81.7 Å². The molecule has 0 N–H and O–H groups in total. The molecule has 72 valence electrons. The summed E-state index contributed by atoms with van der Waals surface area (Å²) in [6.07, 6.45) is 4.99. The third-order valence-corrected chi connectivity index (χ3v) is 3.56. The minimum absolute atomic E-state index is 0.159. The van der Waals surface area contributed by atoms with E-state index in [1.54, 1.807) is 0 Å². The van der Waals surface area contributed by atoms with Gasteiger partial charge in [-0.25, -0.2) is 0 Å². The maximum Gasteiger partial charge on any atom is 0.264 e. The molecule has 5 heteroatoms. The van der Waals surface area contributed by atoms with Gasteiger partial charge in [0.05, 0.1) is 12.4 Å². The van der Waals surface area contributed by atoms with Gasteiger partial charge >= 0.3 is 0 Å². The first kappa shape index (κ1) is 10.5. The quantitative estimate of drug-likeness (QED) is 0.558. The van der Waals surface area contributed by atoms with Crippen LogP contribution in [0.5, 0.6) is 0 Å². The van der Waals surface area contributed by atoms with Crippen LogP contribution in [-0.2, 0) is 14.3 Å². The van der Waals surface area contributed by atoms with Crippen molar-refractivity contribution >= 4 is 26.0 Å². The first-order valence-corrected chi connectivity index (χ1v) is 6.74. The molecule has 1 aliphatic rings.